The van der Waals surface area contributed by atoms with E-state index in [0.29, 0.717) is 0 Å². The predicted molar refractivity (Wildman–Crippen MR) is 61.3 cm³/mol. The van der Waals surface area contributed by atoms with Gasteiger partial charge in [0.1, 0.15) is 5.76 Å². The van der Waals surface area contributed by atoms with E-state index in [1.54, 1.807) is 11.3 Å². The number of nitrogens with one attached hydrogen (secondary N) is 1. The van der Waals surface area contributed by atoms with Gasteiger partial charge in [-0.3, -0.25) is 0 Å². The zero-order valence-electron chi connectivity index (χ0n) is 7.50. The lowest BCUT2D eigenvalue weighted by molar-refractivity contribution is 0.465. The Kier molecular flexibility index (Phi) is 3.39. The maximum atomic E-state index is 5.36. The second kappa shape index (κ2) is 4.77. The van der Waals surface area contributed by atoms with E-state index in [4.69, 9.17) is 4.42 Å². The highest BCUT2D eigenvalue weighted by Gasteiger charge is 1.98. The average molecular weight is 272 g/mol. The van der Waals surface area contributed by atoms with Gasteiger partial charge < -0.3 is 9.73 Å². The molecule has 2 aromatic heterocycles. The van der Waals surface area contributed by atoms with Gasteiger partial charge in [0, 0.05) is 6.54 Å². The molecule has 0 saturated carbocycles. The summed E-state index contributed by atoms with van der Waals surface area (Å²) in [5.41, 5.74) is 1.32. The SMILES string of the molecule is Brc1ccc(CNCc2ccsc2)o1. The summed E-state index contributed by atoms with van der Waals surface area (Å²) < 4.78 is 6.14. The first kappa shape index (κ1) is 9.96. The van der Waals surface area contributed by atoms with Gasteiger partial charge in [0.15, 0.2) is 4.67 Å². The van der Waals surface area contributed by atoms with Crippen LogP contribution in [0.25, 0.3) is 0 Å². The van der Waals surface area contributed by atoms with Crippen LogP contribution in [0.15, 0.2) is 38.0 Å². The van der Waals surface area contributed by atoms with E-state index in [-0.39, 0.29) is 0 Å². The molecule has 0 amide bonds. The Labute approximate surface area is 95.1 Å². The summed E-state index contributed by atoms with van der Waals surface area (Å²) in [6.45, 7) is 1.66. The third-order valence-electron chi connectivity index (χ3n) is 1.84. The molecule has 0 saturated heterocycles. The fourth-order valence-corrected chi connectivity index (χ4v) is 2.18. The molecule has 1 N–H and O–H groups in total. The van der Waals surface area contributed by atoms with Crippen molar-refractivity contribution < 1.29 is 4.42 Å². The molecule has 0 radical (unpaired) electrons. The Morgan fingerprint density at radius 2 is 2.21 bits per heavy atom. The first-order chi connectivity index (χ1) is 6.84. The predicted octanol–water partition coefficient (Wildman–Crippen LogP) is 3.39. The summed E-state index contributed by atoms with van der Waals surface area (Å²) in [6, 6.07) is 5.99. The van der Waals surface area contributed by atoms with E-state index in [1.807, 2.05) is 12.1 Å². The van der Waals surface area contributed by atoms with E-state index in [0.717, 1.165) is 23.5 Å². The van der Waals surface area contributed by atoms with Crippen LogP contribution < -0.4 is 5.32 Å². The van der Waals surface area contributed by atoms with Crippen LogP contribution in [0.5, 0.6) is 0 Å². The first-order valence-electron chi connectivity index (χ1n) is 4.30. The van der Waals surface area contributed by atoms with E-state index in [2.05, 4.69) is 38.1 Å². The minimum Gasteiger partial charge on any atom is -0.453 e. The van der Waals surface area contributed by atoms with Crippen LogP contribution in [0.2, 0.25) is 0 Å². The third-order valence-corrected chi connectivity index (χ3v) is 3.00. The van der Waals surface area contributed by atoms with Crippen LogP contribution in [0.3, 0.4) is 0 Å². The molecule has 0 unspecified atom stereocenters. The van der Waals surface area contributed by atoms with Gasteiger partial charge in [-0.25, -0.2) is 0 Å². The second-order valence-corrected chi connectivity index (χ2v) is 4.50. The Morgan fingerprint density at radius 3 is 2.86 bits per heavy atom. The van der Waals surface area contributed by atoms with Crippen LogP contribution in [-0.4, -0.2) is 0 Å². The third kappa shape index (κ3) is 2.70. The average Bonchev–Trinajstić information content (AvgIpc) is 2.77. The second-order valence-electron chi connectivity index (χ2n) is 2.94. The van der Waals surface area contributed by atoms with Gasteiger partial charge in [0.2, 0.25) is 0 Å². The summed E-state index contributed by atoms with van der Waals surface area (Å²) in [4.78, 5) is 0. The van der Waals surface area contributed by atoms with Gasteiger partial charge in [-0.1, -0.05) is 0 Å². The first-order valence-corrected chi connectivity index (χ1v) is 6.04. The van der Waals surface area contributed by atoms with Crippen molar-refractivity contribution in [2.75, 3.05) is 0 Å². The normalized spacial score (nSPS) is 10.6. The zero-order chi connectivity index (χ0) is 9.80. The van der Waals surface area contributed by atoms with Crippen molar-refractivity contribution in [1.82, 2.24) is 5.32 Å². The van der Waals surface area contributed by atoms with Crippen molar-refractivity contribution in [3.63, 3.8) is 0 Å². The highest BCUT2D eigenvalue weighted by molar-refractivity contribution is 9.10. The molecule has 2 nitrogen and oxygen atoms in total. The van der Waals surface area contributed by atoms with E-state index in [1.165, 1.54) is 5.56 Å². The van der Waals surface area contributed by atoms with Crippen molar-refractivity contribution in [2.45, 2.75) is 13.1 Å². The minimum atomic E-state index is 0.765. The molecule has 4 heteroatoms. The maximum absolute atomic E-state index is 5.36. The summed E-state index contributed by atoms with van der Waals surface area (Å²) in [7, 11) is 0. The van der Waals surface area contributed by atoms with Crippen LogP contribution in [-0.2, 0) is 13.1 Å². The van der Waals surface area contributed by atoms with Crippen molar-refractivity contribution >= 4 is 27.3 Å². The van der Waals surface area contributed by atoms with Gasteiger partial charge in [-0.2, -0.15) is 11.3 Å². The van der Waals surface area contributed by atoms with Gasteiger partial charge in [0.05, 0.1) is 6.54 Å². The molecule has 0 bridgehead atoms. The molecule has 0 aromatic carbocycles. The summed E-state index contributed by atoms with van der Waals surface area (Å²) in [5, 5.41) is 7.54. The van der Waals surface area contributed by atoms with Crippen molar-refractivity contribution in [2.24, 2.45) is 0 Å². The molecule has 14 heavy (non-hydrogen) atoms. The molecule has 0 aliphatic carbocycles. The van der Waals surface area contributed by atoms with Gasteiger partial charge in [-0.05, 0) is 50.5 Å². The van der Waals surface area contributed by atoms with Crippen LogP contribution in [0.1, 0.15) is 11.3 Å². The van der Waals surface area contributed by atoms with Crippen LogP contribution in [0.4, 0.5) is 0 Å². The fourth-order valence-electron chi connectivity index (χ4n) is 1.17. The molecule has 0 aliphatic heterocycles. The van der Waals surface area contributed by atoms with Gasteiger partial charge in [0.25, 0.3) is 0 Å². The van der Waals surface area contributed by atoms with Crippen molar-refractivity contribution in [1.29, 1.82) is 0 Å². The molecule has 0 fully saturated rings. The van der Waals surface area contributed by atoms with Crippen LogP contribution >= 0.6 is 27.3 Å². The summed E-state index contributed by atoms with van der Waals surface area (Å²) in [6.07, 6.45) is 0. The smallest absolute Gasteiger partial charge is 0.169 e. The molecule has 0 aliphatic rings. The van der Waals surface area contributed by atoms with Crippen LogP contribution in [0, 0.1) is 0 Å². The molecule has 2 aromatic rings. The lowest BCUT2D eigenvalue weighted by Gasteiger charge is -1.99. The molecule has 0 atom stereocenters. The highest BCUT2D eigenvalue weighted by Crippen LogP contribution is 2.13. The van der Waals surface area contributed by atoms with E-state index < -0.39 is 0 Å². The summed E-state index contributed by atoms with van der Waals surface area (Å²) >= 11 is 4.99. The monoisotopic (exact) mass is 271 g/mol. The fraction of sp³-hybridized carbons (Fsp3) is 0.200. The highest BCUT2D eigenvalue weighted by atomic mass is 79.9. The zero-order valence-corrected chi connectivity index (χ0v) is 9.90. The topological polar surface area (TPSA) is 25.2 Å². The number of rotatable bonds is 4. The number of furan rings is 1. The maximum Gasteiger partial charge on any atom is 0.169 e. The quantitative estimate of drug-likeness (QED) is 0.922. The summed E-state index contributed by atoms with van der Waals surface area (Å²) in [5.74, 6) is 0.951. The molecular weight excluding hydrogens is 262 g/mol. The standard InChI is InChI=1S/C10H10BrNOS/c11-10-2-1-9(13-10)6-12-5-8-3-4-14-7-8/h1-4,7,12H,5-6H2. The number of hydrogen-bond acceptors (Lipinski definition) is 3. The Hall–Kier alpha value is -0.580. The Bertz CT molecular complexity index is 382. The number of hydrogen-bond donors (Lipinski definition) is 1. The molecule has 0 spiro atoms. The molecule has 2 heterocycles. The lowest BCUT2D eigenvalue weighted by atomic mass is 10.3. The largest absolute Gasteiger partial charge is 0.453 e. The lowest BCUT2D eigenvalue weighted by Crippen LogP contribution is -2.11. The van der Waals surface area contributed by atoms with E-state index in [9.17, 15) is 0 Å². The number of halogens is 1. The minimum absolute atomic E-state index is 0.765. The molecule has 2 rings (SSSR count). The van der Waals surface area contributed by atoms with Gasteiger partial charge >= 0.3 is 0 Å². The van der Waals surface area contributed by atoms with Crippen molar-refractivity contribution in [3.05, 3.63) is 45.0 Å². The van der Waals surface area contributed by atoms with Crippen molar-refractivity contribution in [3.8, 4) is 0 Å². The molecule has 74 valence electrons. The van der Waals surface area contributed by atoms with Gasteiger partial charge in [-0.15, -0.1) is 0 Å². The Morgan fingerprint density at radius 1 is 1.29 bits per heavy atom. The number of thiophene rings is 1. The Balaban J connectivity index is 1.78. The van der Waals surface area contributed by atoms with E-state index >= 15 is 0 Å². The molecular formula is C10H10BrNOS.